The lowest BCUT2D eigenvalue weighted by molar-refractivity contribution is -0.130. The summed E-state index contributed by atoms with van der Waals surface area (Å²) in [5, 5.41) is 2.62. The Bertz CT molecular complexity index is 209. The predicted octanol–water partition coefficient (Wildman–Crippen LogP) is 1.18. The van der Waals surface area contributed by atoms with E-state index in [2.05, 4.69) is 5.32 Å². The molecule has 1 heterocycles. The van der Waals surface area contributed by atoms with Crippen LogP contribution < -0.4 is 5.32 Å². The first kappa shape index (κ1) is 11.4. The second kappa shape index (κ2) is 4.68. The molecule has 3 nitrogen and oxygen atoms in total. The minimum atomic E-state index is -2.58. The maximum atomic E-state index is 12.4. The van der Waals surface area contributed by atoms with Gasteiger partial charge in [-0.25, -0.2) is 8.78 Å². The van der Waals surface area contributed by atoms with E-state index in [1.54, 1.807) is 13.8 Å². The van der Waals surface area contributed by atoms with Gasteiger partial charge in [-0.05, 0) is 20.3 Å². The fourth-order valence-corrected chi connectivity index (χ4v) is 1.53. The molecule has 14 heavy (non-hydrogen) atoms. The Labute approximate surface area is 81.8 Å². The van der Waals surface area contributed by atoms with Crippen LogP contribution in [-0.4, -0.2) is 31.1 Å². The van der Waals surface area contributed by atoms with Gasteiger partial charge in [-0.1, -0.05) is 0 Å². The molecule has 0 aromatic carbocycles. The van der Waals surface area contributed by atoms with E-state index in [4.69, 9.17) is 4.74 Å². The second-order valence-corrected chi connectivity index (χ2v) is 3.73. The topological polar surface area (TPSA) is 38.3 Å². The van der Waals surface area contributed by atoms with Gasteiger partial charge in [0, 0.05) is 12.6 Å². The van der Waals surface area contributed by atoms with E-state index in [9.17, 15) is 13.6 Å². The summed E-state index contributed by atoms with van der Waals surface area (Å²) in [4.78, 5) is 11.4. The van der Waals surface area contributed by atoms with Crippen LogP contribution in [0.1, 0.15) is 20.3 Å². The molecule has 0 aliphatic carbocycles. The van der Waals surface area contributed by atoms with Gasteiger partial charge in [0.1, 0.15) is 6.10 Å². The molecular formula is C9H15F2NO2. The summed E-state index contributed by atoms with van der Waals surface area (Å²) >= 11 is 0. The lowest BCUT2D eigenvalue weighted by atomic mass is 10.0. The lowest BCUT2D eigenvalue weighted by Gasteiger charge is -2.18. The van der Waals surface area contributed by atoms with E-state index in [1.807, 2.05) is 0 Å². The Kier molecular flexibility index (Phi) is 3.80. The maximum absolute atomic E-state index is 12.4. The third-order valence-corrected chi connectivity index (χ3v) is 2.15. The van der Waals surface area contributed by atoms with Crippen LogP contribution in [0.2, 0.25) is 0 Å². The number of carbonyl (C=O) groups is 1. The molecule has 1 amide bonds. The van der Waals surface area contributed by atoms with Gasteiger partial charge in [-0.15, -0.1) is 0 Å². The third-order valence-electron chi connectivity index (χ3n) is 2.15. The summed E-state index contributed by atoms with van der Waals surface area (Å²) in [5.74, 6) is -1.03. The minimum absolute atomic E-state index is 0.0265. The van der Waals surface area contributed by atoms with Crippen LogP contribution in [0.3, 0.4) is 0 Å². The minimum Gasteiger partial charge on any atom is -0.371 e. The Morgan fingerprint density at radius 3 is 2.64 bits per heavy atom. The van der Waals surface area contributed by atoms with E-state index in [1.165, 1.54) is 0 Å². The fraction of sp³-hybridized carbons (Fsp3) is 0.889. The molecule has 5 heteroatoms. The number of halogens is 2. The van der Waals surface area contributed by atoms with Crippen molar-refractivity contribution in [3.63, 3.8) is 0 Å². The van der Waals surface area contributed by atoms with Gasteiger partial charge in [0.15, 0.2) is 0 Å². The average molecular weight is 207 g/mol. The lowest BCUT2D eigenvalue weighted by Crippen LogP contribution is -2.41. The molecule has 1 N–H and O–H groups in total. The molecule has 82 valence electrons. The van der Waals surface area contributed by atoms with Crippen molar-refractivity contribution >= 4 is 5.91 Å². The van der Waals surface area contributed by atoms with E-state index in [-0.39, 0.29) is 18.6 Å². The van der Waals surface area contributed by atoms with Crippen LogP contribution >= 0.6 is 0 Å². The number of ether oxygens (including phenoxy) is 1. The summed E-state index contributed by atoms with van der Waals surface area (Å²) in [7, 11) is 0. The number of hydrogen-bond donors (Lipinski definition) is 1. The van der Waals surface area contributed by atoms with Gasteiger partial charge < -0.3 is 10.1 Å². The molecule has 1 fully saturated rings. The zero-order valence-electron chi connectivity index (χ0n) is 8.30. The third kappa shape index (κ3) is 2.64. The van der Waals surface area contributed by atoms with Crippen LogP contribution in [0, 0.1) is 5.92 Å². The van der Waals surface area contributed by atoms with Crippen LogP contribution in [0.5, 0.6) is 0 Å². The normalized spacial score (nSPS) is 27.3. The highest BCUT2D eigenvalue weighted by Gasteiger charge is 2.39. The molecular weight excluding hydrogens is 192 g/mol. The first-order chi connectivity index (χ1) is 6.52. The monoisotopic (exact) mass is 207 g/mol. The smallest absolute Gasteiger partial charge is 0.265 e. The molecule has 1 aliphatic heterocycles. The molecule has 0 aromatic rings. The van der Waals surface area contributed by atoms with Gasteiger partial charge >= 0.3 is 0 Å². The van der Waals surface area contributed by atoms with Gasteiger partial charge in [0.25, 0.3) is 6.43 Å². The van der Waals surface area contributed by atoms with Crippen molar-refractivity contribution in [2.45, 2.75) is 38.8 Å². The zero-order chi connectivity index (χ0) is 10.7. The molecule has 0 bridgehead atoms. The second-order valence-electron chi connectivity index (χ2n) is 3.73. The van der Waals surface area contributed by atoms with Gasteiger partial charge in [-0.2, -0.15) is 0 Å². The summed E-state index contributed by atoms with van der Waals surface area (Å²) < 4.78 is 29.6. The SMILES string of the molecule is CC(C)NC(=O)C1CCOC1C(F)F. The first-order valence-corrected chi connectivity index (χ1v) is 4.72. The number of carbonyl (C=O) groups excluding carboxylic acids is 1. The average Bonchev–Trinajstić information content (AvgIpc) is 2.49. The van der Waals surface area contributed by atoms with Crippen molar-refractivity contribution in [1.29, 1.82) is 0 Å². The van der Waals surface area contributed by atoms with Crippen LogP contribution in [0.25, 0.3) is 0 Å². The molecule has 2 atom stereocenters. The Hall–Kier alpha value is -0.710. The Balaban J connectivity index is 2.53. The standard InChI is InChI=1S/C9H15F2NO2/c1-5(2)12-9(13)6-3-4-14-7(6)8(10)11/h5-8H,3-4H2,1-2H3,(H,12,13). The Morgan fingerprint density at radius 2 is 2.14 bits per heavy atom. The van der Waals surface area contributed by atoms with E-state index < -0.39 is 18.4 Å². The quantitative estimate of drug-likeness (QED) is 0.754. The van der Waals surface area contributed by atoms with Crippen molar-refractivity contribution in [2.24, 2.45) is 5.92 Å². The van der Waals surface area contributed by atoms with Gasteiger partial charge in [-0.3, -0.25) is 4.79 Å². The highest BCUT2D eigenvalue weighted by molar-refractivity contribution is 5.79. The largest absolute Gasteiger partial charge is 0.371 e. The molecule has 0 saturated carbocycles. The van der Waals surface area contributed by atoms with E-state index in [0.29, 0.717) is 6.42 Å². The number of rotatable bonds is 3. The summed E-state index contributed by atoms with van der Waals surface area (Å²) in [6.07, 6.45) is -3.43. The van der Waals surface area contributed by atoms with Gasteiger partial charge in [0.2, 0.25) is 5.91 Å². The number of nitrogens with one attached hydrogen (secondary N) is 1. The zero-order valence-corrected chi connectivity index (χ0v) is 8.30. The van der Waals surface area contributed by atoms with Crippen molar-refractivity contribution in [3.8, 4) is 0 Å². The molecule has 0 spiro atoms. The predicted molar refractivity (Wildman–Crippen MR) is 47.1 cm³/mol. The van der Waals surface area contributed by atoms with Crippen LogP contribution in [0.4, 0.5) is 8.78 Å². The molecule has 1 saturated heterocycles. The van der Waals surface area contributed by atoms with Crippen LogP contribution in [0.15, 0.2) is 0 Å². The van der Waals surface area contributed by atoms with Crippen molar-refractivity contribution in [3.05, 3.63) is 0 Å². The number of hydrogen-bond acceptors (Lipinski definition) is 2. The van der Waals surface area contributed by atoms with Crippen LogP contribution in [-0.2, 0) is 9.53 Å². The van der Waals surface area contributed by atoms with E-state index in [0.717, 1.165) is 0 Å². The van der Waals surface area contributed by atoms with Crippen molar-refractivity contribution in [2.75, 3.05) is 6.61 Å². The summed E-state index contributed by atoms with van der Waals surface area (Å²) in [6.45, 7) is 3.83. The van der Waals surface area contributed by atoms with Crippen molar-refractivity contribution in [1.82, 2.24) is 5.32 Å². The van der Waals surface area contributed by atoms with Crippen molar-refractivity contribution < 1.29 is 18.3 Å². The molecule has 1 rings (SSSR count). The molecule has 0 aromatic heterocycles. The summed E-state index contributed by atoms with van der Waals surface area (Å²) in [5.41, 5.74) is 0. The summed E-state index contributed by atoms with van der Waals surface area (Å²) in [6, 6.07) is -0.0265. The highest BCUT2D eigenvalue weighted by Crippen LogP contribution is 2.26. The number of alkyl halides is 2. The highest BCUT2D eigenvalue weighted by atomic mass is 19.3. The van der Waals surface area contributed by atoms with E-state index >= 15 is 0 Å². The first-order valence-electron chi connectivity index (χ1n) is 4.72. The Morgan fingerprint density at radius 1 is 1.50 bits per heavy atom. The fourth-order valence-electron chi connectivity index (χ4n) is 1.53. The van der Waals surface area contributed by atoms with Gasteiger partial charge in [0.05, 0.1) is 5.92 Å². The molecule has 1 aliphatic rings. The molecule has 0 radical (unpaired) electrons. The maximum Gasteiger partial charge on any atom is 0.265 e. The molecule has 2 unspecified atom stereocenters. The number of amides is 1.